The predicted molar refractivity (Wildman–Crippen MR) is 135 cm³/mol. The van der Waals surface area contributed by atoms with Crippen molar-refractivity contribution in [2.24, 2.45) is 0 Å². The number of benzene rings is 2. The number of carbonyl (C=O) groups excluding carboxylic acids is 3. The Hall–Kier alpha value is -3.32. The molecule has 8 heteroatoms. The monoisotopic (exact) mass is 480 g/mol. The van der Waals surface area contributed by atoms with Gasteiger partial charge in [-0.2, -0.15) is 0 Å². The van der Waals surface area contributed by atoms with Gasteiger partial charge in [0, 0.05) is 29.0 Å². The highest BCUT2D eigenvalue weighted by molar-refractivity contribution is 6.32. The minimum atomic E-state index is -0.640. The highest BCUT2D eigenvalue weighted by Gasteiger charge is 2.36. The van der Waals surface area contributed by atoms with Crippen LogP contribution in [-0.2, 0) is 9.59 Å². The molecule has 2 N–H and O–H groups in total. The van der Waals surface area contributed by atoms with Crippen molar-refractivity contribution in [3.05, 3.63) is 63.8 Å². The first-order chi connectivity index (χ1) is 16.0. The van der Waals surface area contributed by atoms with Crippen molar-refractivity contribution in [2.75, 3.05) is 23.8 Å². The van der Waals surface area contributed by atoms with E-state index >= 15 is 0 Å². The number of nitrogens with zero attached hydrogens (tertiary/aromatic N) is 2. The lowest BCUT2D eigenvalue weighted by Crippen LogP contribution is -2.45. The van der Waals surface area contributed by atoms with E-state index in [1.54, 1.807) is 18.2 Å². The zero-order valence-corrected chi connectivity index (χ0v) is 20.8. The van der Waals surface area contributed by atoms with Crippen molar-refractivity contribution in [1.29, 1.82) is 0 Å². The quantitative estimate of drug-likeness (QED) is 0.481. The van der Waals surface area contributed by atoms with Gasteiger partial charge in [-0.3, -0.25) is 9.59 Å². The van der Waals surface area contributed by atoms with Crippen molar-refractivity contribution in [2.45, 2.75) is 45.6 Å². The maximum absolute atomic E-state index is 12.9. The van der Waals surface area contributed by atoms with E-state index in [9.17, 15) is 14.4 Å². The number of aryl methyl sites for hydroxylation is 1. The maximum atomic E-state index is 12.9. The first-order valence-corrected chi connectivity index (χ1v) is 11.6. The fourth-order valence-electron chi connectivity index (χ4n) is 4.57. The summed E-state index contributed by atoms with van der Waals surface area (Å²) in [4.78, 5) is 40.9. The average molecular weight is 481 g/mol. The zero-order chi connectivity index (χ0) is 24.8. The molecule has 2 heterocycles. The van der Waals surface area contributed by atoms with Gasteiger partial charge >= 0.3 is 6.03 Å². The molecule has 7 nitrogen and oxygen atoms in total. The summed E-state index contributed by atoms with van der Waals surface area (Å²) in [6, 6.07) is 10.5. The van der Waals surface area contributed by atoms with Crippen molar-refractivity contribution in [3.63, 3.8) is 0 Å². The van der Waals surface area contributed by atoms with E-state index in [0.29, 0.717) is 22.2 Å². The van der Waals surface area contributed by atoms with Crippen LogP contribution < -0.4 is 15.5 Å². The summed E-state index contributed by atoms with van der Waals surface area (Å²) < 4.78 is 0. The first-order valence-electron chi connectivity index (χ1n) is 11.2. The second-order valence-corrected chi connectivity index (χ2v) is 10.1. The average Bonchev–Trinajstić information content (AvgIpc) is 3.02. The molecule has 2 aliphatic heterocycles. The van der Waals surface area contributed by atoms with Gasteiger partial charge in [0.15, 0.2) is 0 Å². The molecule has 178 valence electrons. The number of imide groups is 1. The van der Waals surface area contributed by atoms with Crippen LogP contribution >= 0.6 is 11.6 Å². The Labute approximate surface area is 204 Å². The molecular weight excluding hydrogens is 452 g/mol. The van der Waals surface area contributed by atoms with Crippen LogP contribution in [0.15, 0.2) is 42.1 Å². The largest absolute Gasteiger partial charge is 0.369 e. The lowest BCUT2D eigenvalue weighted by molar-refractivity contribution is -0.127. The number of halogens is 1. The van der Waals surface area contributed by atoms with Crippen LogP contribution in [0.4, 0.5) is 16.2 Å². The summed E-state index contributed by atoms with van der Waals surface area (Å²) in [6.45, 7) is 8.14. The number of carbonyl (C=O) groups is 3. The Morgan fingerprint density at radius 2 is 1.91 bits per heavy atom. The molecule has 2 aliphatic rings. The number of rotatable bonds is 4. The van der Waals surface area contributed by atoms with Crippen LogP contribution in [0.1, 0.15) is 49.8 Å². The molecule has 4 rings (SSSR count). The van der Waals surface area contributed by atoms with E-state index in [1.165, 1.54) is 0 Å². The number of fused-ring (bicyclic) bond motifs is 1. The Bertz CT molecular complexity index is 1200. The van der Waals surface area contributed by atoms with Gasteiger partial charge < -0.3 is 15.5 Å². The topological polar surface area (TPSA) is 81.8 Å². The van der Waals surface area contributed by atoms with Crippen LogP contribution in [-0.4, -0.2) is 41.9 Å². The van der Waals surface area contributed by atoms with Gasteiger partial charge in [-0.25, -0.2) is 9.69 Å². The highest BCUT2D eigenvalue weighted by Crippen LogP contribution is 2.44. The number of hydrogen-bond donors (Lipinski definition) is 2. The van der Waals surface area contributed by atoms with E-state index in [1.807, 2.05) is 31.2 Å². The summed E-state index contributed by atoms with van der Waals surface area (Å²) in [5.74, 6) is -0.713. The molecule has 2 aromatic carbocycles. The van der Waals surface area contributed by atoms with E-state index in [-0.39, 0.29) is 17.8 Å². The summed E-state index contributed by atoms with van der Waals surface area (Å²) >= 11 is 6.58. The predicted octanol–water partition coefficient (Wildman–Crippen LogP) is 4.90. The zero-order valence-electron chi connectivity index (χ0n) is 20.0. The maximum Gasteiger partial charge on any atom is 0.329 e. The molecule has 0 aromatic heterocycles. The Balaban J connectivity index is 1.54. The van der Waals surface area contributed by atoms with Gasteiger partial charge in [0.05, 0.1) is 0 Å². The molecule has 34 heavy (non-hydrogen) atoms. The fourth-order valence-corrected chi connectivity index (χ4v) is 4.78. The molecule has 1 unspecified atom stereocenters. The minimum absolute atomic E-state index is 0.00474. The standard InChI is InChI=1S/C26H29ClN4O3/c1-15-6-8-18(9-7-15)28-23(32)14-31-24(33)21(29-25(31)34)11-17-10-19-16(2)13-26(3,4)30(5)22(19)12-20(17)27/h6-12,16H,13-14H2,1-5H3,(H,28,32)(H,29,34)/b21-11+. The van der Waals surface area contributed by atoms with Crippen LogP contribution in [0.2, 0.25) is 5.02 Å². The Morgan fingerprint density at radius 3 is 2.59 bits per heavy atom. The van der Waals surface area contributed by atoms with E-state index in [2.05, 4.69) is 43.4 Å². The molecule has 4 amide bonds. The third-order valence-electron chi connectivity index (χ3n) is 6.65. The molecule has 0 bridgehead atoms. The molecule has 0 saturated carbocycles. The lowest BCUT2D eigenvalue weighted by atomic mass is 9.80. The highest BCUT2D eigenvalue weighted by atomic mass is 35.5. The van der Waals surface area contributed by atoms with Crippen LogP contribution in [0.3, 0.4) is 0 Å². The van der Waals surface area contributed by atoms with E-state index < -0.39 is 17.8 Å². The van der Waals surface area contributed by atoms with E-state index in [0.717, 1.165) is 28.1 Å². The third kappa shape index (κ3) is 4.53. The summed E-state index contributed by atoms with van der Waals surface area (Å²) in [7, 11) is 2.05. The van der Waals surface area contributed by atoms with Gasteiger partial charge in [-0.15, -0.1) is 0 Å². The van der Waals surface area contributed by atoms with Crippen molar-refractivity contribution < 1.29 is 14.4 Å². The van der Waals surface area contributed by atoms with Gasteiger partial charge in [-0.1, -0.05) is 36.2 Å². The number of anilines is 2. The number of nitrogens with one attached hydrogen (secondary N) is 2. The molecule has 2 aromatic rings. The Kier molecular flexibility index (Phi) is 6.16. The van der Waals surface area contributed by atoms with Gasteiger partial charge in [0.2, 0.25) is 5.91 Å². The second-order valence-electron chi connectivity index (χ2n) is 9.70. The van der Waals surface area contributed by atoms with Crippen LogP contribution in [0.25, 0.3) is 6.08 Å². The fraction of sp³-hybridized carbons (Fsp3) is 0.346. The molecule has 1 atom stereocenters. The number of urea groups is 1. The van der Waals surface area contributed by atoms with Gasteiger partial charge in [0.25, 0.3) is 5.91 Å². The molecule has 0 spiro atoms. The number of amides is 4. The summed E-state index contributed by atoms with van der Waals surface area (Å²) in [6.07, 6.45) is 2.56. The van der Waals surface area contributed by atoms with E-state index in [4.69, 9.17) is 11.6 Å². The molecule has 1 saturated heterocycles. The van der Waals surface area contributed by atoms with Gasteiger partial charge in [-0.05, 0) is 74.6 Å². The summed E-state index contributed by atoms with van der Waals surface area (Å²) in [5.41, 5.74) is 4.61. The summed E-state index contributed by atoms with van der Waals surface area (Å²) in [5, 5.41) is 5.76. The van der Waals surface area contributed by atoms with Crippen molar-refractivity contribution in [1.82, 2.24) is 10.2 Å². The molecule has 0 aliphatic carbocycles. The van der Waals surface area contributed by atoms with Crippen molar-refractivity contribution >= 4 is 46.9 Å². The van der Waals surface area contributed by atoms with Gasteiger partial charge in [0.1, 0.15) is 12.2 Å². The molecular formula is C26H29ClN4O3. The second kappa shape index (κ2) is 8.80. The van der Waals surface area contributed by atoms with Crippen LogP contribution in [0, 0.1) is 6.92 Å². The van der Waals surface area contributed by atoms with Crippen LogP contribution in [0.5, 0.6) is 0 Å². The molecule has 0 radical (unpaired) electrons. The number of hydrogen-bond acceptors (Lipinski definition) is 4. The van der Waals surface area contributed by atoms with Crippen molar-refractivity contribution in [3.8, 4) is 0 Å². The SMILES string of the molecule is Cc1ccc(NC(=O)CN2C(=O)N/C(=C/c3cc4c(cc3Cl)N(C)C(C)(C)CC4C)C2=O)cc1. The first kappa shape index (κ1) is 23.8. The normalized spacial score (nSPS) is 20.4. The smallest absolute Gasteiger partial charge is 0.329 e. The third-order valence-corrected chi connectivity index (χ3v) is 6.98. The molecule has 1 fully saturated rings. The Morgan fingerprint density at radius 1 is 1.24 bits per heavy atom. The minimum Gasteiger partial charge on any atom is -0.369 e. The lowest BCUT2D eigenvalue weighted by Gasteiger charge is -2.45.